The van der Waals surface area contributed by atoms with E-state index < -0.39 is 0 Å². The molecule has 4 unspecified atom stereocenters. The standard InChI is InChI=1S/C17H34N2/c1-5-15-8-6-7-9-17(15)19-12-16(10-13(2)3)18-11-14(19)4/h13-18H,5-12H2,1-4H3. The maximum absolute atomic E-state index is 3.76. The molecule has 2 fully saturated rings. The number of nitrogens with one attached hydrogen (secondary N) is 1. The van der Waals surface area contributed by atoms with Gasteiger partial charge in [-0.3, -0.25) is 4.90 Å². The first kappa shape index (κ1) is 15.3. The summed E-state index contributed by atoms with van der Waals surface area (Å²) in [6.45, 7) is 12.0. The van der Waals surface area contributed by atoms with Crippen LogP contribution in [-0.2, 0) is 0 Å². The minimum atomic E-state index is 0.718. The predicted molar refractivity (Wildman–Crippen MR) is 83.5 cm³/mol. The minimum Gasteiger partial charge on any atom is -0.311 e. The lowest BCUT2D eigenvalue weighted by molar-refractivity contribution is 0.0327. The lowest BCUT2D eigenvalue weighted by Crippen LogP contribution is -2.60. The fourth-order valence-electron chi connectivity index (χ4n) is 4.24. The molecule has 1 aliphatic carbocycles. The predicted octanol–water partition coefficient (Wildman–Crippen LogP) is 3.66. The zero-order valence-electron chi connectivity index (χ0n) is 13.5. The smallest absolute Gasteiger partial charge is 0.0198 e. The summed E-state index contributed by atoms with van der Waals surface area (Å²) in [6, 6.07) is 2.31. The van der Waals surface area contributed by atoms with E-state index in [4.69, 9.17) is 0 Å². The van der Waals surface area contributed by atoms with Crippen LogP contribution in [0, 0.1) is 11.8 Å². The second-order valence-electron chi connectivity index (χ2n) is 7.30. The molecule has 1 heterocycles. The average molecular weight is 266 g/mol. The number of hydrogen-bond acceptors (Lipinski definition) is 2. The molecule has 0 amide bonds. The van der Waals surface area contributed by atoms with Gasteiger partial charge in [-0.05, 0) is 38.0 Å². The van der Waals surface area contributed by atoms with Gasteiger partial charge in [0.15, 0.2) is 0 Å². The van der Waals surface area contributed by atoms with E-state index in [1.165, 1.54) is 51.6 Å². The molecule has 1 saturated heterocycles. The van der Waals surface area contributed by atoms with Gasteiger partial charge in [-0.2, -0.15) is 0 Å². The van der Waals surface area contributed by atoms with E-state index in [0.29, 0.717) is 0 Å². The van der Waals surface area contributed by atoms with Crippen molar-refractivity contribution < 1.29 is 0 Å². The SMILES string of the molecule is CCC1CCCCC1N1CC(CC(C)C)NCC1C. The maximum atomic E-state index is 3.76. The molecule has 2 heteroatoms. The highest BCUT2D eigenvalue weighted by molar-refractivity contribution is 4.92. The van der Waals surface area contributed by atoms with Gasteiger partial charge in [0.05, 0.1) is 0 Å². The van der Waals surface area contributed by atoms with E-state index in [9.17, 15) is 0 Å². The van der Waals surface area contributed by atoms with Gasteiger partial charge in [-0.1, -0.05) is 40.0 Å². The Balaban J connectivity index is 1.98. The molecule has 0 radical (unpaired) electrons. The molecule has 112 valence electrons. The van der Waals surface area contributed by atoms with Crippen molar-refractivity contribution in [2.45, 2.75) is 84.3 Å². The van der Waals surface area contributed by atoms with Crippen LogP contribution in [0.5, 0.6) is 0 Å². The van der Waals surface area contributed by atoms with Crippen LogP contribution in [0.25, 0.3) is 0 Å². The molecule has 2 rings (SSSR count). The topological polar surface area (TPSA) is 15.3 Å². The summed E-state index contributed by atoms with van der Waals surface area (Å²) in [4.78, 5) is 2.86. The summed E-state index contributed by atoms with van der Waals surface area (Å²) in [6.07, 6.45) is 8.52. The molecule has 1 aliphatic heterocycles. The van der Waals surface area contributed by atoms with Crippen molar-refractivity contribution >= 4 is 0 Å². The number of nitrogens with zero attached hydrogens (tertiary/aromatic N) is 1. The van der Waals surface area contributed by atoms with Gasteiger partial charge < -0.3 is 5.32 Å². The van der Waals surface area contributed by atoms with Crippen molar-refractivity contribution in [2.24, 2.45) is 11.8 Å². The van der Waals surface area contributed by atoms with Crippen molar-refractivity contribution in [1.29, 1.82) is 0 Å². The van der Waals surface area contributed by atoms with E-state index in [0.717, 1.165) is 30.0 Å². The van der Waals surface area contributed by atoms with Crippen LogP contribution in [0.3, 0.4) is 0 Å². The van der Waals surface area contributed by atoms with Gasteiger partial charge in [0.2, 0.25) is 0 Å². The molecule has 0 aromatic heterocycles. The molecule has 2 aliphatic rings. The Morgan fingerprint density at radius 2 is 1.95 bits per heavy atom. The third-order valence-electron chi connectivity index (χ3n) is 5.27. The van der Waals surface area contributed by atoms with Crippen molar-refractivity contribution in [3.8, 4) is 0 Å². The van der Waals surface area contributed by atoms with E-state index in [1.54, 1.807) is 0 Å². The zero-order valence-corrected chi connectivity index (χ0v) is 13.5. The highest BCUT2D eigenvalue weighted by atomic mass is 15.3. The van der Waals surface area contributed by atoms with Crippen LogP contribution in [0.1, 0.15) is 66.2 Å². The quantitative estimate of drug-likeness (QED) is 0.835. The van der Waals surface area contributed by atoms with Crippen LogP contribution < -0.4 is 5.32 Å². The first-order valence-electron chi connectivity index (χ1n) is 8.61. The molecular formula is C17H34N2. The molecule has 0 aromatic carbocycles. The molecule has 0 bridgehead atoms. The van der Waals surface area contributed by atoms with Crippen LogP contribution in [-0.4, -0.2) is 36.1 Å². The van der Waals surface area contributed by atoms with E-state index in [-0.39, 0.29) is 0 Å². The second kappa shape index (κ2) is 7.08. The van der Waals surface area contributed by atoms with Crippen LogP contribution in [0.2, 0.25) is 0 Å². The van der Waals surface area contributed by atoms with Gasteiger partial charge >= 0.3 is 0 Å². The number of piperazine rings is 1. The lowest BCUT2D eigenvalue weighted by atomic mass is 9.80. The Bertz CT molecular complexity index is 264. The summed E-state index contributed by atoms with van der Waals surface area (Å²) < 4.78 is 0. The van der Waals surface area contributed by atoms with Crippen LogP contribution in [0.4, 0.5) is 0 Å². The molecule has 1 N–H and O–H groups in total. The van der Waals surface area contributed by atoms with Crippen molar-refractivity contribution in [1.82, 2.24) is 10.2 Å². The molecule has 19 heavy (non-hydrogen) atoms. The summed E-state index contributed by atoms with van der Waals surface area (Å²) in [5, 5.41) is 3.76. The molecule has 1 saturated carbocycles. The summed E-state index contributed by atoms with van der Waals surface area (Å²) in [7, 11) is 0. The average Bonchev–Trinajstić information content (AvgIpc) is 2.40. The maximum Gasteiger partial charge on any atom is 0.0198 e. The molecule has 0 spiro atoms. The third-order valence-corrected chi connectivity index (χ3v) is 5.27. The fourth-order valence-corrected chi connectivity index (χ4v) is 4.24. The normalized spacial score (nSPS) is 37.7. The Kier molecular flexibility index (Phi) is 5.70. The largest absolute Gasteiger partial charge is 0.311 e. The van der Waals surface area contributed by atoms with Gasteiger partial charge in [0, 0.05) is 31.2 Å². The van der Waals surface area contributed by atoms with Gasteiger partial charge in [-0.15, -0.1) is 0 Å². The molecule has 0 aromatic rings. The third kappa shape index (κ3) is 3.95. The highest BCUT2D eigenvalue weighted by Gasteiger charge is 2.35. The Hall–Kier alpha value is -0.0800. The van der Waals surface area contributed by atoms with Gasteiger partial charge in [0.25, 0.3) is 0 Å². The monoisotopic (exact) mass is 266 g/mol. The number of rotatable bonds is 4. The Morgan fingerprint density at radius 1 is 1.21 bits per heavy atom. The van der Waals surface area contributed by atoms with Gasteiger partial charge in [-0.25, -0.2) is 0 Å². The highest BCUT2D eigenvalue weighted by Crippen LogP contribution is 2.32. The van der Waals surface area contributed by atoms with E-state index in [2.05, 4.69) is 37.9 Å². The van der Waals surface area contributed by atoms with Crippen LogP contribution in [0.15, 0.2) is 0 Å². The van der Waals surface area contributed by atoms with Crippen LogP contribution >= 0.6 is 0 Å². The second-order valence-corrected chi connectivity index (χ2v) is 7.30. The van der Waals surface area contributed by atoms with Gasteiger partial charge in [0.1, 0.15) is 0 Å². The Labute approximate surface area is 120 Å². The van der Waals surface area contributed by atoms with Crippen molar-refractivity contribution in [3.63, 3.8) is 0 Å². The molecule has 4 atom stereocenters. The minimum absolute atomic E-state index is 0.718. The van der Waals surface area contributed by atoms with Crippen molar-refractivity contribution in [3.05, 3.63) is 0 Å². The van der Waals surface area contributed by atoms with E-state index >= 15 is 0 Å². The molecular weight excluding hydrogens is 232 g/mol. The first-order valence-corrected chi connectivity index (χ1v) is 8.61. The van der Waals surface area contributed by atoms with E-state index in [1.807, 2.05) is 0 Å². The summed E-state index contributed by atoms with van der Waals surface area (Å²) in [5.74, 6) is 1.76. The van der Waals surface area contributed by atoms with Crippen molar-refractivity contribution in [2.75, 3.05) is 13.1 Å². The summed E-state index contributed by atoms with van der Waals surface area (Å²) >= 11 is 0. The zero-order chi connectivity index (χ0) is 13.8. The summed E-state index contributed by atoms with van der Waals surface area (Å²) in [5.41, 5.74) is 0. The Morgan fingerprint density at radius 3 is 2.63 bits per heavy atom. The lowest BCUT2D eigenvalue weighted by Gasteiger charge is -2.48. The number of hydrogen-bond donors (Lipinski definition) is 1. The fraction of sp³-hybridized carbons (Fsp3) is 1.00. The first-order chi connectivity index (χ1) is 9.11. The molecule has 2 nitrogen and oxygen atoms in total.